The van der Waals surface area contributed by atoms with Crippen LogP contribution in [0, 0.1) is 0 Å². The van der Waals surface area contributed by atoms with Crippen LogP contribution >= 0.6 is 0 Å². The minimum absolute atomic E-state index is 0.0133. The first-order valence-electron chi connectivity index (χ1n) is 7.82. The zero-order valence-corrected chi connectivity index (χ0v) is 13.0. The lowest BCUT2D eigenvalue weighted by Crippen LogP contribution is -2.43. The Kier molecular flexibility index (Phi) is 6.01. The molecule has 2 aromatic rings. The van der Waals surface area contributed by atoms with E-state index in [4.69, 9.17) is 0 Å². The molecule has 0 atom stereocenters. The molecule has 0 aliphatic carbocycles. The lowest BCUT2D eigenvalue weighted by molar-refractivity contribution is -0.685. The van der Waals surface area contributed by atoms with Crippen molar-refractivity contribution >= 4 is 11.6 Å². The molecule has 1 heterocycles. The Hall–Kier alpha value is -2.29. The molecule has 0 unspecified atom stereocenters. The van der Waals surface area contributed by atoms with E-state index in [1.807, 2.05) is 30.3 Å². The predicted octanol–water partition coefficient (Wildman–Crippen LogP) is 3.62. The number of aromatic nitrogens is 1. The summed E-state index contributed by atoms with van der Waals surface area (Å²) in [6, 6.07) is 14.7. The Labute approximate surface area is 131 Å². The van der Waals surface area contributed by atoms with E-state index in [1.165, 1.54) is 0 Å². The summed E-state index contributed by atoms with van der Waals surface area (Å²) in [5.74, 6) is 0.120. The van der Waals surface area contributed by atoms with Crippen molar-refractivity contribution in [2.75, 3.05) is 0 Å². The van der Waals surface area contributed by atoms with Gasteiger partial charge in [-0.1, -0.05) is 50.1 Å². The Balaban J connectivity index is 2.11. The number of carbonyl (C=O) groups is 2. The minimum atomic E-state index is 0.0133. The highest BCUT2D eigenvalue weighted by molar-refractivity contribution is 5.96. The molecule has 2 rings (SSSR count). The fourth-order valence-corrected chi connectivity index (χ4v) is 2.40. The summed E-state index contributed by atoms with van der Waals surface area (Å²) in [6.45, 7) is 2.31. The second kappa shape index (κ2) is 8.23. The van der Waals surface area contributed by atoms with Gasteiger partial charge < -0.3 is 0 Å². The number of ketones is 2. The van der Waals surface area contributed by atoms with Gasteiger partial charge in [0.1, 0.15) is 0 Å². The van der Waals surface area contributed by atoms with Crippen LogP contribution in [0.5, 0.6) is 0 Å². The molecular weight excluding hydrogens is 274 g/mol. The van der Waals surface area contributed by atoms with E-state index in [0.717, 1.165) is 19.3 Å². The van der Waals surface area contributed by atoms with Crippen LogP contribution in [0.25, 0.3) is 0 Å². The van der Waals surface area contributed by atoms with Gasteiger partial charge in [-0.2, -0.15) is 4.57 Å². The van der Waals surface area contributed by atoms with Crippen molar-refractivity contribution in [1.82, 2.24) is 0 Å². The van der Waals surface area contributed by atoms with Crippen LogP contribution < -0.4 is 4.57 Å². The molecule has 0 saturated carbocycles. The molecule has 1 aromatic heterocycles. The van der Waals surface area contributed by atoms with Crippen LogP contribution in [0.15, 0.2) is 54.7 Å². The van der Waals surface area contributed by atoms with Crippen LogP contribution in [0.4, 0.5) is 0 Å². The molecule has 3 heteroatoms. The summed E-state index contributed by atoms with van der Waals surface area (Å²) in [4.78, 5) is 24.6. The van der Waals surface area contributed by atoms with E-state index < -0.39 is 0 Å². The summed E-state index contributed by atoms with van der Waals surface area (Å²) < 4.78 is 1.75. The maximum atomic E-state index is 12.3. The van der Waals surface area contributed by atoms with Crippen molar-refractivity contribution in [2.45, 2.75) is 39.2 Å². The highest BCUT2D eigenvalue weighted by Gasteiger charge is 2.20. The lowest BCUT2D eigenvalue weighted by atomic mass is 10.1. The molecule has 0 saturated heterocycles. The normalized spacial score (nSPS) is 10.4. The Morgan fingerprint density at radius 3 is 2.36 bits per heavy atom. The highest BCUT2D eigenvalue weighted by Crippen LogP contribution is 2.06. The zero-order valence-electron chi connectivity index (χ0n) is 13.0. The van der Waals surface area contributed by atoms with Crippen molar-refractivity contribution in [3.05, 3.63) is 66.0 Å². The number of Topliss-reactive ketones (excluding diaryl/α,β-unsaturated/α-hetero) is 2. The maximum absolute atomic E-state index is 12.3. The summed E-state index contributed by atoms with van der Waals surface area (Å²) >= 11 is 0. The predicted molar refractivity (Wildman–Crippen MR) is 85.9 cm³/mol. The van der Waals surface area contributed by atoms with Crippen LogP contribution in [0.3, 0.4) is 0 Å². The first kappa shape index (κ1) is 16.1. The number of rotatable bonds is 8. The fraction of sp³-hybridized carbons (Fsp3) is 0.316. The Morgan fingerprint density at radius 1 is 0.909 bits per heavy atom. The first-order valence-corrected chi connectivity index (χ1v) is 7.82. The van der Waals surface area contributed by atoms with Crippen LogP contribution in [-0.4, -0.2) is 11.6 Å². The Morgan fingerprint density at radius 2 is 1.64 bits per heavy atom. The summed E-state index contributed by atoms with van der Waals surface area (Å²) in [6.07, 6.45) is 5.39. The van der Waals surface area contributed by atoms with Crippen molar-refractivity contribution < 1.29 is 14.2 Å². The number of carbonyl (C=O) groups excluding carboxylic acids is 2. The van der Waals surface area contributed by atoms with Crippen LogP contribution in [0.2, 0.25) is 0 Å². The second-order valence-corrected chi connectivity index (χ2v) is 5.38. The molecule has 22 heavy (non-hydrogen) atoms. The molecule has 0 aliphatic rings. The second-order valence-electron chi connectivity index (χ2n) is 5.38. The van der Waals surface area contributed by atoms with E-state index in [2.05, 4.69) is 6.92 Å². The smallest absolute Gasteiger partial charge is 0.249 e. The van der Waals surface area contributed by atoms with Gasteiger partial charge in [0.25, 0.3) is 0 Å². The van der Waals surface area contributed by atoms with Crippen LogP contribution in [-0.2, 0) is 6.54 Å². The lowest BCUT2D eigenvalue weighted by Gasteiger charge is -2.03. The van der Waals surface area contributed by atoms with Gasteiger partial charge in [0, 0.05) is 24.1 Å². The minimum Gasteiger partial charge on any atom is -0.287 e. The standard InChI is InChI=1S/C19H22NO2/c1-2-3-5-13-18(21)17-12-8-9-14-20(17)15-19(22)16-10-6-4-7-11-16/h4,6-12,14H,2-3,5,13,15H2,1H3/q+1. The summed E-state index contributed by atoms with van der Waals surface area (Å²) in [5.41, 5.74) is 1.28. The van der Waals surface area contributed by atoms with E-state index in [0.29, 0.717) is 17.7 Å². The number of hydrogen-bond acceptors (Lipinski definition) is 2. The quantitative estimate of drug-likeness (QED) is 0.424. The molecule has 0 amide bonds. The average Bonchev–Trinajstić information content (AvgIpc) is 2.56. The SMILES string of the molecule is CCCCCC(=O)c1cccc[n+]1CC(=O)c1ccccc1. The molecule has 3 nitrogen and oxygen atoms in total. The number of benzene rings is 1. The van der Waals surface area contributed by atoms with Gasteiger partial charge in [-0.05, 0) is 12.5 Å². The van der Waals surface area contributed by atoms with Crippen molar-refractivity contribution in [2.24, 2.45) is 0 Å². The third-order valence-corrected chi connectivity index (χ3v) is 3.64. The zero-order chi connectivity index (χ0) is 15.8. The molecule has 0 N–H and O–H groups in total. The molecular formula is C19H22NO2+. The molecule has 114 valence electrons. The molecule has 0 aliphatic heterocycles. The van der Waals surface area contributed by atoms with Gasteiger partial charge >= 0.3 is 0 Å². The van der Waals surface area contributed by atoms with Crippen LogP contribution in [0.1, 0.15) is 53.5 Å². The number of pyridine rings is 1. The van der Waals surface area contributed by atoms with E-state index in [-0.39, 0.29) is 18.1 Å². The molecule has 1 aromatic carbocycles. The van der Waals surface area contributed by atoms with Crippen molar-refractivity contribution in [3.63, 3.8) is 0 Å². The van der Waals surface area contributed by atoms with Crippen molar-refractivity contribution in [3.8, 4) is 0 Å². The van der Waals surface area contributed by atoms with Gasteiger partial charge in [-0.25, -0.2) is 0 Å². The van der Waals surface area contributed by atoms with Gasteiger partial charge in [-0.15, -0.1) is 0 Å². The van der Waals surface area contributed by atoms with Gasteiger partial charge in [0.05, 0.1) is 0 Å². The Bertz CT molecular complexity index is 635. The third-order valence-electron chi connectivity index (χ3n) is 3.64. The number of hydrogen-bond donors (Lipinski definition) is 0. The number of unbranched alkanes of at least 4 members (excludes halogenated alkanes) is 2. The van der Waals surface area contributed by atoms with E-state index >= 15 is 0 Å². The van der Waals surface area contributed by atoms with Gasteiger partial charge in [-0.3, -0.25) is 9.59 Å². The van der Waals surface area contributed by atoms with E-state index in [1.54, 1.807) is 29.0 Å². The molecule has 0 fully saturated rings. The topological polar surface area (TPSA) is 38.0 Å². The number of nitrogens with zero attached hydrogens (tertiary/aromatic N) is 1. The largest absolute Gasteiger partial charge is 0.287 e. The van der Waals surface area contributed by atoms with Gasteiger partial charge in [0.2, 0.25) is 23.8 Å². The maximum Gasteiger partial charge on any atom is 0.249 e. The summed E-state index contributed by atoms with van der Waals surface area (Å²) in [7, 11) is 0. The molecule has 0 spiro atoms. The molecule has 0 radical (unpaired) electrons. The third kappa shape index (κ3) is 4.35. The fourth-order valence-electron chi connectivity index (χ4n) is 2.40. The van der Waals surface area contributed by atoms with Gasteiger partial charge in [0.15, 0.2) is 6.20 Å². The first-order chi connectivity index (χ1) is 10.7. The average molecular weight is 296 g/mol. The molecule has 0 bridgehead atoms. The van der Waals surface area contributed by atoms with Crippen molar-refractivity contribution in [1.29, 1.82) is 0 Å². The monoisotopic (exact) mass is 296 g/mol. The summed E-state index contributed by atoms with van der Waals surface area (Å²) in [5, 5.41) is 0. The van der Waals surface area contributed by atoms with E-state index in [9.17, 15) is 9.59 Å². The highest BCUT2D eigenvalue weighted by atomic mass is 16.1.